The molecule has 3 aliphatic rings. The number of nitrogens with one attached hydrogen (secondary N) is 19. The SMILES string of the molecule is CC(C)CC(NC(=O)CC(O)C(CC(C)C)NC(=O)C(Cc1c[nH]cn1)NC(=O)CNC(=O)C(NC(=O)C(C)NC(=O)C(Cc1c[nH]c2ccccc12)NC(=O)C(CCC(N)=O)NC(=O)C(Cc1ccccc1)NC(=O)CCC(C)(C)OCCC(C)(C)NC(=O)CCCC(=O)NC12CNCCNCC(C)(CNCCNC1)CNCCNC2)C(C)C)C(N)=O. The third kappa shape index (κ3) is 37.5. The van der Waals surface area contributed by atoms with Crippen LogP contribution in [0.2, 0.25) is 0 Å². The van der Waals surface area contributed by atoms with Crippen LogP contribution < -0.4 is 102 Å². The van der Waals surface area contributed by atoms with Crippen molar-refractivity contribution in [1.29, 1.82) is 0 Å². The van der Waals surface area contributed by atoms with Crippen LogP contribution in [0.25, 0.3) is 10.9 Å². The highest BCUT2D eigenvalue weighted by Gasteiger charge is 2.38. The molecule has 0 spiro atoms. The number of aliphatic hydroxyl groups excluding tert-OH is 1. The molecular weight excluding hydrogens is 1580 g/mol. The van der Waals surface area contributed by atoms with Crippen molar-refractivity contribution in [3.05, 3.63) is 90.1 Å². The van der Waals surface area contributed by atoms with E-state index >= 15 is 0 Å². The number of hydrogen-bond donors (Lipinski definition) is 22. The minimum Gasteiger partial charge on any atom is -0.390 e. The van der Waals surface area contributed by atoms with Crippen LogP contribution in [0.5, 0.6) is 0 Å². The van der Waals surface area contributed by atoms with Gasteiger partial charge in [-0.3, -0.25) is 62.3 Å². The van der Waals surface area contributed by atoms with Crippen molar-refractivity contribution >= 4 is 87.7 Å². The van der Waals surface area contributed by atoms with Gasteiger partial charge in [0, 0.05) is 164 Å². The zero-order valence-corrected chi connectivity index (χ0v) is 73.9. The number of aromatic nitrogens is 3. The normalized spacial score (nSPS) is 18.6. The molecule has 7 rings (SSSR count). The van der Waals surface area contributed by atoms with E-state index < -0.39 is 161 Å². The molecule has 24 N–H and O–H groups in total. The predicted octanol–water partition coefficient (Wildman–Crippen LogP) is -1.36. The van der Waals surface area contributed by atoms with Crippen LogP contribution in [0.15, 0.2) is 73.3 Å². The topological polar surface area (TPSA) is 552 Å². The van der Waals surface area contributed by atoms with Crippen LogP contribution in [0.3, 0.4) is 0 Å². The summed E-state index contributed by atoms with van der Waals surface area (Å²) >= 11 is 0. The summed E-state index contributed by atoms with van der Waals surface area (Å²) in [5, 5.41) is 64.0. The number of rotatable bonds is 47. The quantitative estimate of drug-likeness (QED) is 0.0243. The molecule has 4 aromatic rings. The molecule has 123 heavy (non-hydrogen) atoms. The molecule has 9 atom stereocenters. The summed E-state index contributed by atoms with van der Waals surface area (Å²) < 4.78 is 6.34. The van der Waals surface area contributed by atoms with E-state index in [0.29, 0.717) is 60.2 Å². The monoisotopic (exact) mass is 1720 g/mol. The van der Waals surface area contributed by atoms with Crippen LogP contribution in [-0.2, 0) is 86.3 Å². The number of carbonyl (C=O) groups excluding carboxylic acids is 13. The summed E-state index contributed by atoms with van der Waals surface area (Å²) in [6, 6.07) is 5.71. The van der Waals surface area contributed by atoms with Gasteiger partial charge in [0.1, 0.15) is 42.3 Å². The molecule has 684 valence electrons. The number of aliphatic hydroxyl groups is 1. The number of benzene rings is 2. The minimum atomic E-state index is -1.53. The number of imidazole rings is 1. The van der Waals surface area contributed by atoms with Gasteiger partial charge in [-0.15, -0.1) is 0 Å². The third-order valence-electron chi connectivity index (χ3n) is 21.7. The van der Waals surface area contributed by atoms with Crippen LogP contribution in [-0.4, -0.2) is 260 Å². The molecule has 2 aromatic carbocycles. The first-order valence-corrected chi connectivity index (χ1v) is 43.2. The Hall–Kier alpha value is -10.0. The summed E-state index contributed by atoms with van der Waals surface area (Å²) in [5.41, 5.74) is 11.3. The average molecular weight is 1720 g/mol. The van der Waals surface area contributed by atoms with E-state index in [-0.39, 0.29) is 99.9 Å². The van der Waals surface area contributed by atoms with Gasteiger partial charge in [0.05, 0.1) is 48.3 Å². The van der Waals surface area contributed by atoms with Crippen molar-refractivity contribution < 1.29 is 72.2 Å². The first-order valence-electron chi connectivity index (χ1n) is 43.2. The van der Waals surface area contributed by atoms with Gasteiger partial charge in [-0.1, -0.05) is 97.0 Å². The first-order chi connectivity index (χ1) is 58.2. The maximum atomic E-state index is 14.8. The van der Waals surface area contributed by atoms with Crippen molar-refractivity contribution in [1.82, 2.24) is 105 Å². The number of nitrogens with zero attached hydrogens (tertiary/aromatic N) is 1. The number of amides is 13. The van der Waals surface area contributed by atoms with Crippen LogP contribution in [0.1, 0.15) is 171 Å². The summed E-state index contributed by atoms with van der Waals surface area (Å²) in [5.74, 6) is -9.64. The number of primary amides is 2. The molecule has 2 bridgehead atoms. The molecule has 0 aliphatic carbocycles. The number of fused-ring (bicyclic) bond motifs is 16. The molecule has 3 saturated heterocycles. The maximum Gasteiger partial charge on any atom is 0.243 e. The molecule has 0 saturated carbocycles. The van der Waals surface area contributed by atoms with Crippen molar-refractivity contribution in [3.8, 4) is 0 Å². The fraction of sp³-hybridized carbons (Fsp3) is 0.651. The highest BCUT2D eigenvalue weighted by molar-refractivity contribution is 5.98. The lowest BCUT2D eigenvalue weighted by Gasteiger charge is -2.37. The molecule has 9 unspecified atom stereocenters. The number of nitrogens with two attached hydrogens (primary N) is 2. The molecule has 13 amide bonds. The number of carbonyl (C=O) groups is 13. The number of hydrogen-bond acceptors (Lipinski definition) is 22. The lowest BCUT2D eigenvalue weighted by atomic mass is 9.90. The molecule has 37 heteroatoms. The van der Waals surface area contributed by atoms with Crippen molar-refractivity contribution in [2.24, 2.45) is 34.6 Å². The van der Waals surface area contributed by atoms with E-state index in [1.54, 1.807) is 68.6 Å². The first kappa shape index (κ1) is 102. The van der Waals surface area contributed by atoms with Crippen LogP contribution >= 0.6 is 0 Å². The zero-order valence-electron chi connectivity index (χ0n) is 73.9. The smallest absolute Gasteiger partial charge is 0.243 e. The Kier molecular flexibility index (Phi) is 41.9. The lowest BCUT2D eigenvalue weighted by Crippen LogP contribution is -2.66. The zero-order chi connectivity index (χ0) is 90.5. The van der Waals surface area contributed by atoms with E-state index in [0.717, 1.165) is 58.9 Å². The van der Waals surface area contributed by atoms with Crippen molar-refractivity contribution in [2.75, 3.05) is 91.7 Å². The third-order valence-corrected chi connectivity index (χ3v) is 21.7. The fourth-order valence-corrected chi connectivity index (χ4v) is 14.6. The Morgan fingerprint density at radius 1 is 0.537 bits per heavy atom. The standard InChI is InChI=1S/C86H140N22O15/c1-53(2)37-63(68(109)42-73(114)100-64(76(88)116)38-54(3)4)104-81(121)67(41-59-44-95-52-98-59)102-74(115)45-97-82(122)75(55(5)6)106-77(117)56(7)99-79(119)66(40-58-43-96-61-22-17-16-21-60(58)61)105-78(118)62(25-26-69(87)110)103-80(120)65(39-57-19-14-13-15-20-57)101-70(111)27-28-84(10,11)123-36-29-83(8,9)107-71(112)23-18-24-72(113)108-86-49-92-33-30-89-46-85(12,47-90-31-34-93-50-86)48-91-32-35-94-51-86/h13-17,19-22,43-44,52-56,62-68,75,89-94,96,109H,18,23-42,45-51H2,1-12H3,(H2,87,110)(H2,88,116)(H,95,98)(H,97,122)(H,99,119)(H,100,114)(H,101,111)(H,102,115)(H,103,120)(H,104,121)(H,105,118)(H,106,117)(H,107,112)(H,108,113). The summed E-state index contributed by atoms with van der Waals surface area (Å²) in [4.78, 5) is 189. The van der Waals surface area contributed by atoms with Crippen LogP contribution in [0.4, 0.5) is 0 Å². The van der Waals surface area contributed by atoms with E-state index in [4.69, 9.17) is 16.2 Å². The van der Waals surface area contributed by atoms with Gasteiger partial charge < -0.3 is 122 Å². The van der Waals surface area contributed by atoms with Crippen molar-refractivity contribution in [2.45, 2.75) is 244 Å². The summed E-state index contributed by atoms with van der Waals surface area (Å²) in [6.45, 7) is 29.9. The van der Waals surface area contributed by atoms with Gasteiger partial charge in [0.25, 0.3) is 0 Å². The van der Waals surface area contributed by atoms with Gasteiger partial charge in [0.15, 0.2) is 0 Å². The maximum absolute atomic E-state index is 14.8. The molecule has 0 radical (unpaired) electrons. The van der Waals surface area contributed by atoms with Gasteiger partial charge in [-0.05, 0) is 108 Å². The number of H-pyrrole nitrogens is 2. The highest BCUT2D eigenvalue weighted by Crippen LogP contribution is 2.23. The molecule has 37 nitrogen and oxygen atoms in total. The number of para-hydroxylation sites is 1. The van der Waals surface area contributed by atoms with E-state index in [1.165, 1.54) is 19.4 Å². The number of aromatic amines is 2. The second kappa shape index (κ2) is 50.7. The second-order valence-corrected chi connectivity index (χ2v) is 35.6. The van der Waals surface area contributed by atoms with E-state index in [2.05, 4.69) is 112 Å². The fourth-order valence-electron chi connectivity index (χ4n) is 14.6. The van der Waals surface area contributed by atoms with E-state index in [9.17, 15) is 67.4 Å². The van der Waals surface area contributed by atoms with Crippen molar-refractivity contribution in [3.63, 3.8) is 0 Å². The molecule has 3 aliphatic heterocycles. The Morgan fingerprint density at radius 2 is 1.08 bits per heavy atom. The largest absolute Gasteiger partial charge is 0.390 e. The highest BCUT2D eigenvalue weighted by atomic mass is 16.5. The molecule has 3 fully saturated rings. The van der Waals surface area contributed by atoms with Gasteiger partial charge in [-0.2, -0.15) is 0 Å². The summed E-state index contributed by atoms with van der Waals surface area (Å²) in [6.07, 6.45) is 3.09. The van der Waals surface area contributed by atoms with Crippen LogP contribution in [0, 0.1) is 23.2 Å². The molecule has 2 aromatic heterocycles. The second-order valence-electron chi connectivity index (χ2n) is 35.6. The Morgan fingerprint density at radius 3 is 1.67 bits per heavy atom. The van der Waals surface area contributed by atoms with Gasteiger partial charge >= 0.3 is 0 Å². The Labute approximate surface area is 722 Å². The molecule has 5 heterocycles. The minimum absolute atomic E-state index is 0.0137. The van der Waals surface area contributed by atoms with Gasteiger partial charge in [0.2, 0.25) is 76.8 Å². The Bertz CT molecular complexity index is 4020. The summed E-state index contributed by atoms with van der Waals surface area (Å²) in [7, 11) is 0. The Balaban J connectivity index is 1.05. The molecular formula is C86H140N22O15. The lowest BCUT2D eigenvalue weighted by molar-refractivity contribution is -0.135. The van der Waals surface area contributed by atoms with Gasteiger partial charge in [-0.25, -0.2) is 4.98 Å². The number of ether oxygens (including phenoxy) is 1. The average Bonchev–Trinajstić information content (AvgIpc) is 1.68. The van der Waals surface area contributed by atoms with E-state index in [1.807, 2.05) is 61.5 Å². The predicted molar refractivity (Wildman–Crippen MR) is 467 cm³/mol.